The molecule has 106 valence electrons. The molecule has 1 rings (SSSR count). The summed E-state index contributed by atoms with van der Waals surface area (Å²) in [5, 5.41) is 8.95. The van der Waals surface area contributed by atoms with Crippen molar-refractivity contribution in [1.82, 2.24) is 0 Å². The number of carbonyl (C=O) groups excluding carboxylic acids is 1. The maximum absolute atomic E-state index is 11.9. The predicted octanol–water partition coefficient (Wildman–Crippen LogP) is 1.57. The summed E-state index contributed by atoms with van der Waals surface area (Å²) in [6.45, 7) is 8.08. The number of hydrogen-bond donors (Lipinski definition) is 2. The number of carbonyl (C=O) groups is 1. The number of likely N-dealkylation sites (N-methyl/N-ethyl adjacent to an activating group) is 1. The second kappa shape index (κ2) is 5.72. The minimum atomic E-state index is -0.869. The summed E-state index contributed by atoms with van der Waals surface area (Å²) >= 11 is 0. The van der Waals surface area contributed by atoms with Crippen molar-refractivity contribution in [2.75, 3.05) is 18.6 Å². The largest absolute Gasteiger partial charge is 0.394 e. The molecule has 1 unspecified atom stereocenters. The first-order chi connectivity index (χ1) is 8.68. The molecular formula is C15H24N2O2. The number of anilines is 1. The predicted molar refractivity (Wildman–Crippen MR) is 78.4 cm³/mol. The second-order valence-corrected chi connectivity index (χ2v) is 5.94. The van der Waals surface area contributed by atoms with Crippen molar-refractivity contribution >= 4 is 11.6 Å². The Morgan fingerprint density at radius 3 is 2.42 bits per heavy atom. The molecule has 0 aliphatic rings. The summed E-state index contributed by atoms with van der Waals surface area (Å²) in [6, 6.07) is 5.17. The molecule has 1 aromatic carbocycles. The van der Waals surface area contributed by atoms with Gasteiger partial charge in [-0.05, 0) is 29.5 Å². The van der Waals surface area contributed by atoms with Crippen molar-refractivity contribution in [3.63, 3.8) is 0 Å². The maximum Gasteiger partial charge on any atom is 0.246 e. The Morgan fingerprint density at radius 2 is 2.00 bits per heavy atom. The molecule has 4 nitrogen and oxygen atoms in total. The van der Waals surface area contributed by atoms with Crippen molar-refractivity contribution in [1.29, 1.82) is 0 Å². The van der Waals surface area contributed by atoms with E-state index in [0.29, 0.717) is 0 Å². The second-order valence-electron chi connectivity index (χ2n) is 5.94. The van der Waals surface area contributed by atoms with E-state index in [0.717, 1.165) is 11.3 Å². The zero-order valence-electron chi connectivity index (χ0n) is 12.4. The number of nitrogens with zero attached hydrogens (tertiary/aromatic N) is 1. The highest BCUT2D eigenvalue weighted by atomic mass is 16.3. The van der Waals surface area contributed by atoms with Gasteiger partial charge in [0.1, 0.15) is 6.04 Å². The van der Waals surface area contributed by atoms with Crippen molar-refractivity contribution in [3.05, 3.63) is 29.3 Å². The van der Waals surface area contributed by atoms with Gasteiger partial charge in [0.2, 0.25) is 5.91 Å². The Balaban J connectivity index is 3.06. The molecule has 0 saturated heterocycles. The first-order valence-corrected chi connectivity index (χ1v) is 6.43. The number of aryl methyl sites for hydroxylation is 1. The molecule has 19 heavy (non-hydrogen) atoms. The Labute approximate surface area is 115 Å². The molecule has 0 saturated carbocycles. The number of nitrogens with two attached hydrogens (primary N) is 1. The maximum atomic E-state index is 11.9. The molecule has 0 fully saturated rings. The van der Waals surface area contributed by atoms with Gasteiger partial charge in [0.05, 0.1) is 6.61 Å². The van der Waals surface area contributed by atoms with Crippen LogP contribution in [0.5, 0.6) is 0 Å². The van der Waals surface area contributed by atoms with Crippen molar-refractivity contribution in [2.45, 2.75) is 39.2 Å². The summed E-state index contributed by atoms with van der Waals surface area (Å²) in [6.07, 6.45) is 0. The van der Waals surface area contributed by atoms with E-state index in [1.54, 1.807) is 7.05 Å². The van der Waals surface area contributed by atoms with Gasteiger partial charge >= 0.3 is 0 Å². The third-order valence-corrected chi connectivity index (χ3v) is 3.27. The highest BCUT2D eigenvalue weighted by molar-refractivity contribution is 5.97. The van der Waals surface area contributed by atoms with Crippen LogP contribution < -0.4 is 10.6 Å². The highest BCUT2D eigenvalue weighted by Crippen LogP contribution is 2.28. The van der Waals surface area contributed by atoms with Gasteiger partial charge in [0.25, 0.3) is 0 Å². The van der Waals surface area contributed by atoms with E-state index < -0.39 is 6.04 Å². The molecule has 0 aromatic heterocycles. The molecule has 0 spiro atoms. The van der Waals surface area contributed by atoms with Crippen LogP contribution in [0.2, 0.25) is 0 Å². The molecule has 4 heteroatoms. The Bertz CT molecular complexity index is 464. The molecule has 0 aliphatic carbocycles. The van der Waals surface area contributed by atoms with E-state index in [1.807, 2.05) is 19.1 Å². The lowest BCUT2D eigenvalue weighted by Crippen LogP contribution is -2.44. The SMILES string of the molecule is Cc1cc(C(C)(C)C)ccc1N(C)C(=O)C(N)CO. The lowest BCUT2D eigenvalue weighted by atomic mass is 9.86. The number of hydrogen-bond acceptors (Lipinski definition) is 3. The zero-order valence-corrected chi connectivity index (χ0v) is 12.4. The van der Waals surface area contributed by atoms with Crippen LogP contribution in [0.25, 0.3) is 0 Å². The van der Waals surface area contributed by atoms with Crippen molar-refractivity contribution < 1.29 is 9.90 Å². The molecule has 3 N–H and O–H groups in total. The van der Waals surface area contributed by atoms with Crippen LogP contribution in [-0.4, -0.2) is 30.7 Å². The third kappa shape index (κ3) is 3.55. The van der Waals surface area contributed by atoms with Gasteiger partial charge in [-0.2, -0.15) is 0 Å². The summed E-state index contributed by atoms with van der Waals surface area (Å²) in [4.78, 5) is 13.5. The van der Waals surface area contributed by atoms with Gasteiger partial charge in [0.15, 0.2) is 0 Å². The fourth-order valence-electron chi connectivity index (χ4n) is 1.94. The van der Waals surface area contributed by atoms with Gasteiger partial charge in [0, 0.05) is 12.7 Å². The van der Waals surface area contributed by atoms with Gasteiger partial charge in [-0.3, -0.25) is 4.79 Å². The summed E-state index contributed by atoms with van der Waals surface area (Å²) < 4.78 is 0. The van der Waals surface area contributed by atoms with Crippen LogP contribution in [-0.2, 0) is 10.2 Å². The Hall–Kier alpha value is -1.39. The van der Waals surface area contributed by atoms with Crippen LogP contribution in [0, 0.1) is 6.92 Å². The molecule has 1 amide bonds. The molecule has 0 bridgehead atoms. The number of amides is 1. The van der Waals surface area contributed by atoms with Crippen LogP contribution in [0.15, 0.2) is 18.2 Å². The summed E-state index contributed by atoms with van der Waals surface area (Å²) in [5.74, 6) is -0.283. The number of aliphatic hydroxyl groups is 1. The van der Waals surface area contributed by atoms with Crippen LogP contribution >= 0.6 is 0 Å². The normalized spacial score (nSPS) is 13.2. The minimum Gasteiger partial charge on any atom is -0.394 e. The summed E-state index contributed by atoms with van der Waals surface area (Å²) in [5.41, 5.74) is 8.71. The molecule has 0 aliphatic heterocycles. The first kappa shape index (κ1) is 15.7. The van der Waals surface area contributed by atoms with E-state index in [4.69, 9.17) is 10.8 Å². The zero-order chi connectivity index (χ0) is 14.8. The summed E-state index contributed by atoms with van der Waals surface area (Å²) in [7, 11) is 1.68. The third-order valence-electron chi connectivity index (χ3n) is 3.27. The van der Waals surface area contributed by atoms with Crippen LogP contribution in [0.1, 0.15) is 31.9 Å². The van der Waals surface area contributed by atoms with E-state index in [1.165, 1.54) is 10.5 Å². The molecular weight excluding hydrogens is 240 g/mol. The van der Waals surface area contributed by atoms with E-state index in [9.17, 15) is 4.79 Å². The van der Waals surface area contributed by atoms with Gasteiger partial charge in [-0.1, -0.05) is 32.9 Å². The number of aliphatic hydroxyl groups excluding tert-OH is 1. The van der Waals surface area contributed by atoms with Crippen LogP contribution in [0.4, 0.5) is 5.69 Å². The number of benzene rings is 1. The average Bonchev–Trinajstić information content (AvgIpc) is 2.34. The van der Waals surface area contributed by atoms with E-state index >= 15 is 0 Å². The highest BCUT2D eigenvalue weighted by Gasteiger charge is 2.21. The fourth-order valence-corrected chi connectivity index (χ4v) is 1.94. The molecule has 1 atom stereocenters. The monoisotopic (exact) mass is 264 g/mol. The van der Waals surface area contributed by atoms with Crippen molar-refractivity contribution in [2.24, 2.45) is 5.73 Å². The molecule has 1 aromatic rings. The van der Waals surface area contributed by atoms with Gasteiger partial charge in [-0.15, -0.1) is 0 Å². The Kier molecular flexibility index (Phi) is 4.71. The number of rotatable bonds is 3. The quantitative estimate of drug-likeness (QED) is 0.871. The lowest BCUT2D eigenvalue weighted by Gasteiger charge is -2.25. The van der Waals surface area contributed by atoms with Gasteiger partial charge in [-0.25, -0.2) is 0 Å². The fraction of sp³-hybridized carbons (Fsp3) is 0.533. The average molecular weight is 264 g/mol. The van der Waals surface area contributed by atoms with Gasteiger partial charge < -0.3 is 15.7 Å². The van der Waals surface area contributed by atoms with E-state index in [2.05, 4.69) is 26.8 Å². The standard InChI is InChI=1S/C15H24N2O2/c1-10-8-11(15(2,3)4)6-7-13(10)17(5)14(19)12(16)9-18/h6-8,12,18H,9,16H2,1-5H3. The lowest BCUT2D eigenvalue weighted by molar-refractivity contribution is -0.120. The topological polar surface area (TPSA) is 66.6 Å². The molecule has 0 heterocycles. The smallest absolute Gasteiger partial charge is 0.246 e. The van der Waals surface area contributed by atoms with E-state index in [-0.39, 0.29) is 17.9 Å². The Morgan fingerprint density at radius 1 is 1.42 bits per heavy atom. The van der Waals surface area contributed by atoms with Crippen LogP contribution in [0.3, 0.4) is 0 Å². The minimum absolute atomic E-state index is 0.0768. The first-order valence-electron chi connectivity index (χ1n) is 6.43. The van der Waals surface area contributed by atoms with Crippen molar-refractivity contribution in [3.8, 4) is 0 Å². The molecule has 0 radical (unpaired) electrons.